The molecule has 0 rings (SSSR count). The number of carbonyl (C=O) groups excluding carboxylic acids is 3. The number of methoxy groups -OCH3 is 1. The third-order valence-corrected chi connectivity index (χ3v) is 1.66. The molecule has 0 aromatic heterocycles. The predicted octanol–water partition coefficient (Wildman–Crippen LogP) is -0.263. The molecule has 0 spiro atoms. The van der Waals surface area contributed by atoms with Crippen LogP contribution >= 0.6 is 0 Å². The van der Waals surface area contributed by atoms with E-state index < -0.39 is 17.8 Å². The van der Waals surface area contributed by atoms with Crippen LogP contribution in [0.25, 0.3) is 0 Å². The Morgan fingerprint density at radius 2 is 1.81 bits per heavy atom. The summed E-state index contributed by atoms with van der Waals surface area (Å²) in [6.45, 7) is 4.54. The molecule has 0 heterocycles. The minimum atomic E-state index is -0.612. The number of hydrogen-bond acceptors (Lipinski definition) is 5. The van der Waals surface area contributed by atoms with Crippen molar-refractivity contribution in [1.29, 1.82) is 0 Å². The maximum absolute atomic E-state index is 11.3. The lowest BCUT2D eigenvalue weighted by Crippen LogP contribution is -2.39. The summed E-state index contributed by atoms with van der Waals surface area (Å²) in [6.07, 6.45) is 1.02. The van der Waals surface area contributed by atoms with Gasteiger partial charge in [-0.25, -0.2) is 0 Å². The first-order chi connectivity index (χ1) is 7.54. The Bertz CT molecular complexity index is 287. The quantitative estimate of drug-likeness (QED) is 0.463. The largest absolute Gasteiger partial charge is 0.468 e. The van der Waals surface area contributed by atoms with Crippen molar-refractivity contribution in [3.63, 3.8) is 0 Å². The Labute approximate surface area is 93.8 Å². The number of hydrogen-bond donors (Lipinski definition) is 0. The van der Waals surface area contributed by atoms with Crippen molar-refractivity contribution in [1.82, 2.24) is 4.90 Å². The fourth-order valence-corrected chi connectivity index (χ4v) is 0.924. The van der Waals surface area contributed by atoms with Gasteiger partial charge in [0, 0.05) is 0 Å². The molecule has 0 aromatic rings. The van der Waals surface area contributed by atoms with Gasteiger partial charge < -0.3 is 14.4 Å². The first-order valence-corrected chi connectivity index (χ1v) is 4.68. The van der Waals surface area contributed by atoms with E-state index in [0.29, 0.717) is 0 Å². The van der Waals surface area contributed by atoms with Gasteiger partial charge in [-0.2, -0.15) is 0 Å². The van der Waals surface area contributed by atoms with Gasteiger partial charge in [-0.1, -0.05) is 6.58 Å². The highest BCUT2D eigenvalue weighted by atomic mass is 16.5. The lowest BCUT2D eigenvalue weighted by Gasteiger charge is -2.18. The predicted molar refractivity (Wildman–Crippen MR) is 55.4 cm³/mol. The molecule has 16 heavy (non-hydrogen) atoms. The first kappa shape index (κ1) is 14.2. The SMILES string of the molecule is C=CC(=O)N(CC(=O)OC)CC(=O)OCC. The molecule has 0 N–H and O–H groups in total. The second kappa shape index (κ2) is 7.44. The second-order valence-corrected chi connectivity index (χ2v) is 2.78. The molecule has 0 saturated carbocycles. The molecule has 6 nitrogen and oxygen atoms in total. The van der Waals surface area contributed by atoms with Crippen LogP contribution in [-0.2, 0) is 23.9 Å². The summed E-state index contributed by atoms with van der Waals surface area (Å²) in [6, 6.07) is 0. The molecule has 6 heteroatoms. The van der Waals surface area contributed by atoms with Crippen LogP contribution in [0.3, 0.4) is 0 Å². The Morgan fingerprint density at radius 3 is 2.25 bits per heavy atom. The van der Waals surface area contributed by atoms with E-state index in [-0.39, 0.29) is 19.7 Å². The fourth-order valence-electron chi connectivity index (χ4n) is 0.924. The number of ether oxygens (including phenoxy) is 2. The van der Waals surface area contributed by atoms with E-state index in [1.54, 1.807) is 6.92 Å². The third-order valence-electron chi connectivity index (χ3n) is 1.66. The normalized spacial score (nSPS) is 9.12. The Morgan fingerprint density at radius 1 is 1.25 bits per heavy atom. The summed E-state index contributed by atoms with van der Waals surface area (Å²) in [5.74, 6) is -1.72. The molecule has 0 aliphatic rings. The summed E-state index contributed by atoms with van der Waals surface area (Å²) in [5.41, 5.74) is 0. The summed E-state index contributed by atoms with van der Waals surface area (Å²) in [7, 11) is 1.20. The van der Waals surface area contributed by atoms with Crippen molar-refractivity contribution in [2.45, 2.75) is 6.92 Å². The van der Waals surface area contributed by atoms with Crippen LogP contribution in [0, 0.1) is 0 Å². The van der Waals surface area contributed by atoms with Crippen LogP contribution < -0.4 is 0 Å². The average Bonchev–Trinajstić information content (AvgIpc) is 2.27. The van der Waals surface area contributed by atoms with Crippen molar-refractivity contribution in [2.24, 2.45) is 0 Å². The number of carbonyl (C=O) groups is 3. The number of amides is 1. The van der Waals surface area contributed by atoms with E-state index in [2.05, 4.69) is 16.1 Å². The number of esters is 2. The zero-order chi connectivity index (χ0) is 12.6. The Balaban J connectivity index is 4.43. The molecule has 0 unspecified atom stereocenters. The van der Waals surface area contributed by atoms with Gasteiger partial charge in [0.2, 0.25) is 5.91 Å². The maximum atomic E-state index is 11.3. The van der Waals surface area contributed by atoms with Crippen molar-refractivity contribution < 1.29 is 23.9 Å². The van der Waals surface area contributed by atoms with Crippen LogP contribution in [0.2, 0.25) is 0 Å². The average molecular weight is 229 g/mol. The molecule has 0 aromatic carbocycles. The molecule has 0 atom stereocenters. The van der Waals surface area contributed by atoms with Gasteiger partial charge in [0.05, 0.1) is 13.7 Å². The van der Waals surface area contributed by atoms with Gasteiger partial charge in [-0.3, -0.25) is 14.4 Å². The van der Waals surface area contributed by atoms with E-state index in [4.69, 9.17) is 0 Å². The topological polar surface area (TPSA) is 72.9 Å². The molecule has 0 saturated heterocycles. The third kappa shape index (κ3) is 5.14. The zero-order valence-electron chi connectivity index (χ0n) is 9.39. The minimum Gasteiger partial charge on any atom is -0.468 e. The number of nitrogens with zero attached hydrogens (tertiary/aromatic N) is 1. The van der Waals surface area contributed by atoms with Gasteiger partial charge in [-0.15, -0.1) is 0 Å². The summed E-state index contributed by atoms with van der Waals surface area (Å²) in [4.78, 5) is 34.4. The van der Waals surface area contributed by atoms with Crippen LogP contribution in [0.5, 0.6) is 0 Å². The van der Waals surface area contributed by atoms with Crippen LogP contribution in [0.1, 0.15) is 6.92 Å². The minimum absolute atomic E-state index is 0.215. The molecular formula is C10H15NO5. The van der Waals surface area contributed by atoms with E-state index in [9.17, 15) is 14.4 Å². The smallest absolute Gasteiger partial charge is 0.325 e. The molecule has 1 amide bonds. The standard InChI is InChI=1S/C10H15NO5/c1-4-8(12)11(6-9(13)15-3)7-10(14)16-5-2/h4H,1,5-7H2,2-3H3. The van der Waals surface area contributed by atoms with Gasteiger partial charge >= 0.3 is 11.9 Å². The molecule has 0 bridgehead atoms. The molecule has 0 radical (unpaired) electrons. The highest BCUT2D eigenvalue weighted by Gasteiger charge is 2.18. The van der Waals surface area contributed by atoms with Crippen LogP contribution in [0.15, 0.2) is 12.7 Å². The Hall–Kier alpha value is -1.85. The van der Waals surface area contributed by atoms with Gasteiger partial charge in [-0.05, 0) is 13.0 Å². The number of rotatable bonds is 6. The lowest BCUT2D eigenvalue weighted by atomic mass is 10.4. The highest BCUT2D eigenvalue weighted by Crippen LogP contribution is 1.94. The van der Waals surface area contributed by atoms with Crippen LogP contribution in [-0.4, -0.2) is 49.6 Å². The molecular weight excluding hydrogens is 214 g/mol. The van der Waals surface area contributed by atoms with E-state index in [0.717, 1.165) is 11.0 Å². The van der Waals surface area contributed by atoms with Crippen molar-refractivity contribution >= 4 is 17.8 Å². The monoisotopic (exact) mass is 229 g/mol. The lowest BCUT2D eigenvalue weighted by molar-refractivity contribution is -0.151. The molecule has 0 aliphatic heterocycles. The molecule has 0 fully saturated rings. The molecule has 90 valence electrons. The fraction of sp³-hybridized carbons (Fsp3) is 0.500. The maximum Gasteiger partial charge on any atom is 0.325 e. The molecule has 0 aliphatic carbocycles. The van der Waals surface area contributed by atoms with Crippen LogP contribution in [0.4, 0.5) is 0 Å². The first-order valence-electron chi connectivity index (χ1n) is 4.68. The van der Waals surface area contributed by atoms with Gasteiger partial charge in [0.25, 0.3) is 0 Å². The van der Waals surface area contributed by atoms with E-state index in [1.165, 1.54) is 7.11 Å². The van der Waals surface area contributed by atoms with Crippen molar-refractivity contribution in [2.75, 3.05) is 26.8 Å². The van der Waals surface area contributed by atoms with E-state index >= 15 is 0 Å². The Kier molecular flexibility index (Phi) is 6.58. The van der Waals surface area contributed by atoms with Crippen molar-refractivity contribution in [3.05, 3.63) is 12.7 Å². The second-order valence-electron chi connectivity index (χ2n) is 2.78. The van der Waals surface area contributed by atoms with Gasteiger partial charge in [0.15, 0.2) is 0 Å². The highest BCUT2D eigenvalue weighted by molar-refractivity contribution is 5.92. The zero-order valence-corrected chi connectivity index (χ0v) is 9.39. The summed E-state index contributed by atoms with van der Waals surface area (Å²) < 4.78 is 9.06. The van der Waals surface area contributed by atoms with Crippen molar-refractivity contribution in [3.8, 4) is 0 Å². The van der Waals surface area contributed by atoms with E-state index in [1.807, 2.05) is 0 Å². The van der Waals surface area contributed by atoms with Gasteiger partial charge in [0.1, 0.15) is 13.1 Å². The summed E-state index contributed by atoms with van der Waals surface area (Å²) in [5, 5.41) is 0. The summed E-state index contributed by atoms with van der Waals surface area (Å²) >= 11 is 0.